The number of aryl methyl sites for hydroxylation is 5. The first kappa shape index (κ1) is 32.8. The van der Waals surface area contributed by atoms with Gasteiger partial charge in [0, 0.05) is 38.7 Å². The third-order valence-electron chi connectivity index (χ3n) is 10.4. The van der Waals surface area contributed by atoms with Gasteiger partial charge in [0.2, 0.25) is 0 Å². The minimum atomic E-state index is 0.947. The van der Waals surface area contributed by atoms with Crippen molar-refractivity contribution < 1.29 is 0 Å². The number of nitrogens with zero attached hydrogens (tertiary/aromatic N) is 3. The normalized spacial score (nSPS) is 12.1. The van der Waals surface area contributed by atoms with Gasteiger partial charge in [-0.3, -0.25) is 0 Å². The molecule has 3 aromatic heterocycles. The molecule has 7 aromatic rings. The molecule has 3 nitrogen and oxygen atoms in total. The lowest BCUT2D eigenvalue weighted by Crippen LogP contribution is -1.95. The molecule has 0 spiro atoms. The zero-order chi connectivity index (χ0) is 36.2. The Kier molecular flexibility index (Phi) is 8.13. The van der Waals surface area contributed by atoms with Gasteiger partial charge in [-0.1, -0.05) is 119 Å². The Balaban J connectivity index is 1.49. The lowest BCUT2D eigenvalue weighted by Gasteiger charge is -2.10. The molecule has 4 heteroatoms. The fraction of sp³-hybridized carbons (Fsp3) is 0.102. The lowest BCUT2D eigenvalue weighted by atomic mass is 10.0. The van der Waals surface area contributed by atoms with E-state index < -0.39 is 0 Å². The number of aromatic nitrogens is 3. The molecule has 0 N–H and O–H groups in total. The Morgan fingerprint density at radius 3 is 0.962 bits per heavy atom. The van der Waals surface area contributed by atoms with Crippen LogP contribution in [-0.2, 0) is 7.05 Å². The Morgan fingerprint density at radius 2 is 0.642 bits per heavy atom. The SMILES string of the molecule is Cc1ccc(-c2c3nc(c(-c4ccc(C)cc4)c4ccc(c(-c5ccc(C)cc5)c5nc(c(-c6ccc(C)cc6)c6ccc2s6)C=C5)n4C)C=C3)cc1. The van der Waals surface area contributed by atoms with Crippen molar-refractivity contribution in [3.05, 3.63) is 166 Å². The van der Waals surface area contributed by atoms with Crippen molar-refractivity contribution in [3.8, 4) is 44.5 Å². The molecular weight excluding hydrogens is 663 g/mol. The first-order valence-electron chi connectivity index (χ1n) is 18.1. The molecule has 4 aromatic carbocycles. The first-order valence-corrected chi connectivity index (χ1v) is 18.9. The summed E-state index contributed by atoms with van der Waals surface area (Å²) in [5, 5.41) is 0. The van der Waals surface area contributed by atoms with Gasteiger partial charge in [0.1, 0.15) is 0 Å². The number of hydrogen-bond acceptors (Lipinski definition) is 3. The Morgan fingerprint density at radius 1 is 0.358 bits per heavy atom. The number of benzene rings is 4. The van der Waals surface area contributed by atoms with Crippen LogP contribution in [0.2, 0.25) is 0 Å². The quantitative estimate of drug-likeness (QED) is 0.183. The van der Waals surface area contributed by atoms with E-state index in [0.29, 0.717) is 0 Å². The molecule has 0 unspecified atom stereocenters. The minimum absolute atomic E-state index is 0.947. The van der Waals surface area contributed by atoms with Crippen molar-refractivity contribution in [2.24, 2.45) is 7.05 Å². The molecule has 0 saturated heterocycles. The lowest BCUT2D eigenvalue weighted by molar-refractivity contribution is 1.01. The molecule has 0 amide bonds. The number of fused-ring (bicyclic) bond motifs is 8. The highest BCUT2D eigenvalue weighted by Gasteiger charge is 2.20. The van der Waals surface area contributed by atoms with E-state index in [4.69, 9.17) is 9.97 Å². The van der Waals surface area contributed by atoms with E-state index in [1.54, 1.807) is 11.3 Å². The highest BCUT2D eigenvalue weighted by atomic mass is 32.1. The predicted molar refractivity (Wildman–Crippen MR) is 228 cm³/mol. The fourth-order valence-corrected chi connectivity index (χ4v) is 8.63. The van der Waals surface area contributed by atoms with Gasteiger partial charge in [-0.05, 0) is 98.5 Å². The maximum absolute atomic E-state index is 5.49. The molecule has 0 saturated carbocycles. The monoisotopic (exact) mass is 701 g/mol. The van der Waals surface area contributed by atoms with Crippen LogP contribution in [0.1, 0.15) is 45.0 Å². The summed E-state index contributed by atoms with van der Waals surface area (Å²) in [6, 6.07) is 44.3. The molecule has 0 aliphatic carbocycles. The summed E-state index contributed by atoms with van der Waals surface area (Å²) in [4.78, 5) is 11.0. The summed E-state index contributed by atoms with van der Waals surface area (Å²) in [6.07, 6.45) is 8.77. The van der Waals surface area contributed by atoms with Crippen LogP contribution in [0.15, 0.2) is 121 Å². The minimum Gasteiger partial charge on any atom is -0.343 e. The fourth-order valence-electron chi connectivity index (χ4n) is 7.47. The summed E-state index contributed by atoms with van der Waals surface area (Å²) in [5.74, 6) is 0. The second kappa shape index (κ2) is 13.1. The topological polar surface area (TPSA) is 30.7 Å². The van der Waals surface area contributed by atoms with Crippen LogP contribution in [-0.4, -0.2) is 14.5 Å². The Bertz CT molecular complexity index is 2590. The zero-order valence-electron chi connectivity index (χ0n) is 30.6. The van der Waals surface area contributed by atoms with Gasteiger partial charge in [-0.2, -0.15) is 0 Å². The predicted octanol–water partition coefficient (Wildman–Crippen LogP) is 13.3. The van der Waals surface area contributed by atoms with Crippen molar-refractivity contribution >= 4 is 56.1 Å². The first-order chi connectivity index (χ1) is 25.8. The smallest absolute Gasteiger partial charge is 0.0737 e. The number of rotatable bonds is 4. The molecule has 0 atom stereocenters. The van der Waals surface area contributed by atoms with Crippen molar-refractivity contribution in [3.63, 3.8) is 0 Å². The maximum atomic E-state index is 5.49. The van der Waals surface area contributed by atoms with Gasteiger partial charge >= 0.3 is 0 Å². The van der Waals surface area contributed by atoms with Crippen LogP contribution in [0, 0.1) is 27.7 Å². The summed E-state index contributed by atoms with van der Waals surface area (Å²) in [5.41, 5.74) is 19.9. The second-order valence-corrected chi connectivity index (χ2v) is 15.3. The van der Waals surface area contributed by atoms with Crippen LogP contribution in [0.5, 0.6) is 0 Å². The van der Waals surface area contributed by atoms with Gasteiger partial charge < -0.3 is 4.57 Å². The van der Waals surface area contributed by atoms with Crippen LogP contribution in [0.25, 0.3) is 89.2 Å². The largest absolute Gasteiger partial charge is 0.343 e. The highest BCUT2D eigenvalue weighted by Crippen LogP contribution is 2.41. The molecule has 53 heavy (non-hydrogen) atoms. The molecule has 2 aliphatic rings. The summed E-state index contributed by atoms with van der Waals surface area (Å²) < 4.78 is 4.66. The van der Waals surface area contributed by atoms with Crippen LogP contribution >= 0.6 is 11.3 Å². The van der Waals surface area contributed by atoms with E-state index in [-0.39, 0.29) is 0 Å². The summed E-state index contributed by atoms with van der Waals surface area (Å²) in [6.45, 7) is 8.55. The van der Waals surface area contributed by atoms with Gasteiger partial charge in [-0.15, -0.1) is 11.3 Å². The van der Waals surface area contributed by atoms with Crippen molar-refractivity contribution in [2.45, 2.75) is 27.7 Å². The van der Waals surface area contributed by atoms with E-state index in [2.05, 4.69) is 185 Å². The third-order valence-corrected chi connectivity index (χ3v) is 11.5. The van der Waals surface area contributed by atoms with Gasteiger partial charge in [0.15, 0.2) is 0 Å². The molecule has 8 bridgehead atoms. The maximum Gasteiger partial charge on any atom is 0.0737 e. The Hall–Kier alpha value is -6.10. The zero-order valence-corrected chi connectivity index (χ0v) is 31.4. The van der Waals surface area contributed by atoms with Crippen LogP contribution < -0.4 is 0 Å². The molecule has 0 radical (unpaired) electrons. The van der Waals surface area contributed by atoms with Gasteiger partial charge in [0.25, 0.3) is 0 Å². The highest BCUT2D eigenvalue weighted by molar-refractivity contribution is 7.24. The molecular formula is C49H39N3S. The summed E-state index contributed by atoms with van der Waals surface area (Å²) >= 11 is 1.80. The number of thiophene rings is 1. The molecule has 5 heterocycles. The average Bonchev–Trinajstić information content (AvgIpc) is 3.99. The summed E-state index contributed by atoms with van der Waals surface area (Å²) in [7, 11) is 2.17. The van der Waals surface area contributed by atoms with Gasteiger partial charge in [-0.25, -0.2) is 9.97 Å². The van der Waals surface area contributed by atoms with Crippen molar-refractivity contribution in [2.75, 3.05) is 0 Å². The van der Waals surface area contributed by atoms with Gasteiger partial charge in [0.05, 0.1) is 33.8 Å². The van der Waals surface area contributed by atoms with E-state index in [0.717, 1.165) is 78.3 Å². The van der Waals surface area contributed by atoms with Crippen LogP contribution in [0.4, 0.5) is 0 Å². The molecule has 2 aliphatic heterocycles. The van der Waals surface area contributed by atoms with Crippen molar-refractivity contribution in [1.29, 1.82) is 0 Å². The molecule has 256 valence electrons. The van der Waals surface area contributed by atoms with Crippen LogP contribution in [0.3, 0.4) is 0 Å². The molecule has 0 fully saturated rings. The van der Waals surface area contributed by atoms with E-state index in [1.165, 1.54) is 31.7 Å². The van der Waals surface area contributed by atoms with E-state index in [9.17, 15) is 0 Å². The second-order valence-electron chi connectivity index (χ2n) is 14.2. The number of hydrogen-bond donors (Lipinski definition) is 0. The van der Waals surface area contributed by atoms with Crippen molar-refractivity contribution in [1.82, 2.24) is 14.5 Å². The standard InChI is InChI=1S/C49H39N3S/c1-30-6-14-34(15-7-30)46-38-22-24-40(50-38)48(36-18-10-32(3)11-19-36)44-28-29-45(53-44)49(37-20-12-33(4)13-21-37)41-25-23-39(51-41)47(35-16-8-31(2)9-17-35)43-27-26-42(46)52(43)5/h6-29H,1-5H3. The average molecular weight is 702 g/mol. The van der Waals surface area contributed by atoms with E-state index >= 15 is 0 Å². The Labute approximate surface area is 314 Å². The molecule has 9 rings (SSSR count). The third kappa shape index (κ3) is 5.95. The van der Waals surface area contributed by atoms with E-state index in [1.807, 2.05) is 0 Å².